The quantitative estimate of drug-likeness (QED) is 0.333. The Morgan fingerprint density at radius 1 is 1.11 bits per heavy atom. The van der Waals surface area contributed by atoms with E-state index in [1.165, 1.54) is 17.0 Å². The number of hydrogen-bond donors (Lipinski definition) is 1. The van der Waals surface area contributed by atoms with Crippen molar-refractivity contribution in [2.24, 2.45) is 0 Å². The van der Waals surface area contributed by atoms with E-state index in [1.807, 2.05) is 29.2 Å². The van der Waals surface area contributed by atoms with Crippen molar-refractivity contribution in [3.8, 4) is 11.5 Å². The molecule has 0 bridgehead atoms. The lowest BCUT2D eigenvalue weighted by molar-refractivity contribution is -0.155. The van der Waals surface area contributed by atoms with Crippen molar-refractivity contribution >= 4 is 10.9 Å². The minimum absolute atomic E-state index is 0.194. The van der Waals surface area contributed by atoms with Gasteiger partial charge < -0.3 is 14.5 Å². The Morgan fingerprint density at radius 3 is 2.58 bits per heavy atom. The van der Waals surface area contributed by atoms with Crippen LogP contribution < -0.4 is 9.47 Å². The predicted molar refractivity (Wildman–Crippen MR) is 131 cm³/mol. The fraction of sp³-hybridized carbons (Fsp3) is 0.481. The molecule has 0 spiro atoms. The lowest BCUT2D eigenvalue weighted by Crippen LogP contribution is -2.53. The number of hydrogen-bond acceptors (Lipinski definition) is 4. The summed E-state index contributed by atoms with van der Waals surface area (Å²) in [6.45, 7) is -1.33. The molecule has 5 rings (SSSR count). The number of halogens is 6. The SMILES string of the molecule is C[C@@H]1Cc2c([nH]c3ccccc23)[C@@H](c2ccc(OC3CN(CCCF)C3)cc2OC(F)F)N1CC(F)(F)F. The zero-order chi connectivity index (χ0) is 27.0. The molecule has 1 N–H and O–H groups in total. The second-order valence-electron chi connectivity index (χ2n) is 9.93. The summed E-state index contributed by atoms with van der Waals surface area (Å²) < 4.78 is 91.3. The molecule has 0 aliphatic carbocycles. The van der Waals surface area contributed by atoms with E-state index >= 15 is 0 Å². The lowest BCUT2D eigenvalue weighted by atomic mass is 9.88. The molecule has 38 heavy (non-hydrogen) atoms. The highest BCUT2D eigenvalue weighted by Crippen LogP contribution is 2.45. The molecule has 2 aromatic carbocycles. The molecule has 1 saturated heterocycles. The smallest absolute Gasteiger partial charge is 0.401 e. The monoisotopic (exact) mass is 541 g/mol. The Kier molecular flexibility index (Phi) is 7.50. The van der Waals surface area contributed by atoms with E-state index in [0.29, 0.717) is 38.2 Å². The highest BCUT2D eigenvalue weighted by Gasteiger charge is 2.43. The second kappa shape index (κ2) is 10.7. The number of ether oxygens (including phenoxy) is 2. The van der Waals surface area contributed by atoms with Crippen LogP contribution in [0.4, 0.5) is 26.3 Å². The van der Waals surface area contributed by atoms with Crippen LogP contribution in [-0.4, -0.2) is 72.6 Å². The van der Waals surface area contributed by atoms with Gasteiger partial charge in [-0.3, -0.25) is 14.2 Å². The zero-order valence-corrected chi connectivity index (χ0v) is 20.8. The molecular weight excluding hydrogens is 512 g/mol. The third kappa shape index (κ3) is 5.58. The largest absolute Gasteiger partial charge is 0.488 e. The van der Waals surface area contributed by atoms with Crippen LogP contribution >= 0.6 is 0 Å². The van der Waals surface area contributed by atoms with Gasteiger partial charge in [-0.15, -0.1) is 0 Å². The molecule has 1 fully saturated rings. The highest BCUT2D eigenvalue weighted by molar-refractivity contribution is 5.85. The highest BCUT2D eigenvalue weighted by atomic mass is 19.4. The van der Waals surface area contributed by atoms with Gasteiger partial charge in [0.25, 0.3) is 0 Å². The molecule has 206 valence electrons. The molecule has 5 nitrogen and oxygen atoms in total. The Morgan fingerprint density at radius 2 is 1.87 bits per heavy atom. The number of aromatic nitrogens is 1. The average Bonchev–Trinajstić information content (AvgIpc) is 3.18. The average molecular weight is 542 g/mol. The molecule has 2 aliphatic heterocycles. The first-order valence-corrected chi connectivity index (χ1v) is 12.6. The third-order valence-corrected chi connectivity index (χ3v) is 7.21. The van der Waals surface area contributed by atoms with Gasteiger partial charge in [0, 0.05) is 53.9 Å². The van der Waals surface area contributed by atoms with Gasteiger partial charge in [-0.05, 0) is 43.5 Å². The number of para-hydroxylation sites is 1. The van der Waals surface area contributed by atoms with E-state index < -0.39 is 38.1 Å². The topological polar surface area (TPSA) is 40.7 Å². The fourth-order valence-electron chi connectivity index (χ4n) is 5.56. The molecular formula is C27H29F6N3O2. The Hall–Kier alpha value is -2.92. The van der Waals surface area contributed by atoms with E-state index in [4.69, 9.17) is 9.47 Å². The zero-order valence-electron chi connectivity index (χ0n) is 20.8. The van der Waals surface area contributed by atoms with Crippen LogP contribution in [0.25, 0.3) is 10.9 Å². The number of benzene rings is 2. The number of alkyl halides is 6. The Balaban J connectivity index is 1.52. The van der Waals surface area contributed by atoms with Crippen molar-refractivity contribution in [3.05, 3.63) is 59.3 Å². The number of likely N-dealkylation sites (tertiary alicyclic amines) is 1. The predicted octanol–water partition coefficient (Wildman–Crippen LogP) is 6.09. The van der Waals surface area contributed by atoms with Crippen molar-refractivity contribution in [1.82, 2.24) is 14.8 Å². The normalized spacial score (nSPS) is 21.1. The summed E-state index contributed by atoms with van der Waals surface area (Å²) in [6, 6.07) is 10.3. The first-order chi connectivity index (χ1) is 18.1. The van der Waals surface area contributed by atoms with Crippen molar-refractivity contribution in [2.45, 2.75) is 50.7 Å². The summed E-state index contributed by atoms with van der Waals surface area (Å²) in [5.74, 6) is 0.0460. The van der Waals surface area contributed by atoms with E-state index in [-0.39, 0.29) is 23.2 Å². The summed E-state index contributed by atoms with van der Waals surface area (Å²) in [5, 5.41) is 0.893. The van der Waals surface area contributed by atoms with Crippen molar-refractivity contribution in [2.75, 3.05) is 32.9 Å². The molecule has 2 atom stereocenters. The molecule has 0 radical (unpaired) electrons. The Labute approximate surface area is 216 Å². The maximum atomic E-state index is 13.7. The van der Waals surface area contributed by atoms with Gasteiger partial charge in [0.1, 0.15) is 17.6 Å². The first-order valence-electron chi connectivity index (χ1n) is 12.6. The minimum Gasteiger partial charge on any atom is -0.488 e. The molecule has 3 heterocycles. The number of nitrogens with one attached hydrogen (secondary N) is 1. The number of nitrogens with zero attached hydrogens (tertiary/aromatic N) is 2. The van der Waals surface area contributed by atoms with Gasteiger partial charge in [0.15, 0.2) is 0 Å². The maximum Gasteiger partial charge on any atom is 0.401 e. The summed E-state index contributed by atoms with van der Waals surface area (Å²) >= 11 is 0. The van der Waals surface area contributed by atoms with E-state index in [9.17, 15) is 26.3 Å². The van der Waals surface area contributed by atoms with Crippen LogP contribution in [0.5, 0.6) is 11.5 Å². The molecule has 0 unspecified atom stereocenters. The fourth-order valence-corrected chi connectivity index (χ4v) is 5.56. The summed E-state index contributed by atoms with van der Waals surface area (Å²) in [4.78, 5) is 6.55. The summed E-state index contributed by atoms with van der Waals surface area (Å²) in [7, 11) is 0. The first kappa shape index (κ1) is 26.7. The van der Waals surface area contributed by atoms with Gasteiger partial charge in [-0.1, -0.05) is 18.2 Å². The number of H-pyrrole nitrogens is 1. The molecule has 3 aromatic rings. The van der Waals surface area contributed by atoms with Crippen LogP contribution in [-0.2, 0) is 6.42 Å². The second-order valence-corrected chi connectivity index (χ2v) is 9.93. The van der Waals surface area contributed by atoms with Crippen LogP contribution in [0.3, 0.4) is 0 Å². The number of rotatable bonds is 9. The van der Waals surface area contributed by atoms with Gasteiger partial charge >= 0.3 is 12.8 Å². The van der Waals surface area contributed by atoms with E-state index in [0.717, 1.165) is 16.5 Å². The lowest BCUT2D eigenvalue weighted by Gasteiger charge is -2.42. The van der Waals surface area contributed by atoms with Gasteiger partial charge in [-0.25, -0.2) is 0 Å². The van der Waals surface area contributed by atoms with Crippen molar-refractivity contribution in [3.63, 3.8) is 0 Å². The van der Waals surface area contributed by atoms with E-state index in [2.05, 4.69) is 4.98 Å². The van der Waals surface area contributed by atoms with Gasteiger partial charge in [0.05, 0.1) is 19.3 Å². The van der Waals surface area contributed by atoms with Crippen molar-refractivity contribution in [1.29, 1.82) is 0 Å². The molecule has 0 amide bonds. The third-order valence-electron chi connectivity index (χ3n) is 7.21. The summed E-state index contributed by atoms with van der Waals surface area (Å²) in [6.07, 6.45) is -3.89. The molecule has 11 heteroatoms. The van der Waals surface area contributed by atoms with Gasteiger partial charge in [0.2, 0.25) is 0 Å². The summed E-state index contributed by atoms with van der Waals surface area (Å²) in [5.41, 5.74) is 2.35. The Bertz CT molecular complexity index is 1260. The van der Waals surface area contributed by atoms with Crippen LogP contribution in [0.15, 0.2) is 42.5 Å². The number of aromatic amines is 1. The molecule has 0 saturated carbocycles. The standard InChI is InChI=1S/C27H29F6N3O2/c1-16-11-21-19-5-2-3-6-22(19)34-24(21)25(36(16)15-27(31,32)33)20-8-7-17(12-23(20)38-26(29)30)37-18-13-35(14-18)10-4-9-28/h2-3,5-8,12,16,18,25-26,34H,4,9-11,13-15H2,1H3/t16-,25-/m1/s1. The van der Waals surface area contributed by atoms with Crippen LogP contribution in [0.1, 0.15) is 36.2 Å². The number of fused-ring (bicyclic) bond motifs is 3. The minimum atomic E-state index is -4.50. The molecule has 2 aliphatic rings. The van der Waals surface area contributed by atoms with E-state index in [1.54, 1.807) is 13.0 Å². The van der Waals surface area contributed by atoms with Crippen LogP contribution in [0, 0.1) is 0 Å². The van der Waals surface area contributed by atoms with Crippen LogP contribution in [0.2, 0.25) is 0 Å². The maximum absolute atomic E-state index is 13.7. The van der Waals surface area contributed by atoms with Gasteiger partial charge in [-0.2, -0.15) is 22.0 Å². The van der Waals surface area contributed by atoms with Crippen molar-refractivity contribution < 1.29 is 35.8 Å². The molecule has 1 aromatic heterocycles.